The van der Waals surface area contributed by atoms with E-state index in [0.717, 1.165) is 189 Å². The van der Waals surface area contributed by atoms with Gasteiger partial charge in [0.25, 0.3) is 0 Å². The van der Waals surface area contributed by atoms with Gasteiger partial charge in [0, 0.05) is 0 Å². The minimum atomic E-state index is 0.572. The summed E-state index contributed by atoms with van der Waals surface area (Å²) in [5.74, 6) is 32.1. The van der Waals surface area contributed by atoms with Crippen molar-refractivity contribution in [2.45, 2.75) is 449 Å². The third-order valence-corrected chi connectivity index (χ3v) is 36.8. The summed E-state index contributed by atoms with van der Waals surface area (Å²) in [6.07, 6.45) is 66.2. The molecular weight excluding hydrogens is 1230 g/mol. The number of hydrogen-bond acceptors (Lipinski definition) is 0. The highest BCUT2D eigenvalue weighted by atomic mass is 14.5. The molecule has 12 rings (SSSR count). The first kappa shape index (κ1) is 89.2. The summed E-state index contributed by atoms with van der Waals surface area (Å²) in [6.45, 7) is 59.7. The fourth-order valence-corrected chi connectivity index (χ4v) is 25.5. The highest BCUT2D eigenvalue weighted by Gasteiger charge is 2.44. The van der Waals surface area contributed by atoms with Crippen molar-refractivity contribution in [3.63, 3.8) is 0 Å². The van der Waals surface area contributed by atoms with Crippen LogP contribution in [0, 0.1) is 200 Å². The lowest BCUT2D eigenvalue weighted by atomic mass is 9.57. The maximum absolute atomic E-state index is 2.59. The van der Waals surface area contributed by atoms with Crippen LogP contribution in [-0.4, -0.2) is 0 Å². The van der Waals surface area contributed by atoms with Gasteiger partial charge in [-0.05, 0) is 329 Å². The quantitative estimate of drug-likeness (QED) is 0.183. The Hall–Kier alpha value is 0. The van der Waals surface area contributed by atoms with Crippen LogP contribution in [0.25, 0.3) is 0 Å². The molecule has 0 bridgehead atoms. The van der Waals surface area contributed by atoms with Gasteiger partial charge in [-0.3, -0.25) is 0 Å². The van der Waals surface area contributed by atoms with Gasteiger partial charge in [0.15, 0.2) is 0 Å². The summed E-state index contributed by atoms with van der Waals surface area (Å²) in [4.78, 5) is 0. The summed E-state index contributed by atoms with van der Waals surface area (Å²) >= 11 is 0. The van der Waals surface area contributed by atoms with E-state index < -0.39 is 0 Å². The van der Waals surface area contributed by atoms with E-state index in [0.29, 0.717) is 10.8 Å². The second-order valence-electron chi connectivity index (χ2n) is 45.3. The summed E-state index contributed by atoms with van der Waals surface area (Å²) in [5.41, 5.74) is 1.18. The lowest BCUT2D eigenvalue weighted by Crippen LogP contribution is -2.40. The van der Waals surface area contributed by atoms with Crippen molar-refractivity contribution in [2.75, 3.05) is 0 Å². The maximum atomic E-state index is 2.59. The van der Waals surface area contributed by atoms with E-state index in [1.807, 2.05) is 0 Å². The Labute approximate surface area is 645 Å². The largest absolute Gasteiger partial charge is 0.0625 e. The lowest BCUT2D eigenvalue weighted by Gasteiger charge is -2.49. The minimum absolute atomic E-state index is 0.572. The van der Waals surface area contributed by atoms with E-state index in [9.17, 15) is 0 Å². The first-order valence-corrected chi connectivity index (χ1v) is 48.3. The SMILES string of the molecule is CC1CCC(C(C)(C)C2CCC(C)C(C)C2)CC1C.CC1CCC(C(C)(C)C2CCC(C)CC2)CC1.CC1CCC(C(C)C2CCC(C)C(C)C2)CC1C.CC1CCC(C(C)C2CCC(C)CC2)CC1.CC1CCC(CC2CCC(C)C(C)C2)CC1C.CC1CCC(CC2CCC(C)CC2)CC1. The monoisotopic (exact) mass is 1420 g/mol. The molecule has 12 saturated carbocycles. The van der Waals surface area contributed by atoms with Crippen molar-refractivity contribution in [1.29, 1.82) is 0 Å². The second kappa shape index (κ2) is 43.7. The molecule has 0 aromatic carbocycles. The molecule has 0 nitrogen and oxygen atoms in total. The zero-order valence-corrected chi connectivity index (χ0v) is 74.6. The first-order valence-electron chi connectivity index (χ1n) is 48.3. The Balaban J connectivity index is 0.000000172. The molecule has 12 fully saturated rings. The topological polar surface area (TPSA) is 0 Å². The Morgan fingerprint density at radius 1 is 0.186 bits per heavy atom. The average molecular weight is 1420 g/mol. The van der Waals surface area contributed by atoms with Crippen LogP contribution in [0.1, 0.15) is 449 Å². The normalized spacial score (nSPS) is 44.6. The molecule has 12 aliphatic carbocycles. The van der Waals surface area contributed by atoms with Gasteiger partial charge in [0.2, 0.25) is 0 Å². The lowest BCUT2D eigenvalue weighted by molar-refractivity contribution is 0.0121. The molecule has 0 heteroatoms. The highest BCUT2D eigenvalue weighted by Crippen LogP contribution is 2.54. The van der Waals surface area contributed by atoms with E-state index in [2.05, 4.69) is 166 Å². The Morgan fingerprint density at radius 2 is 0.382 bits per heavy atom. The van der Waals surface area contributed by atoms with Gasteiger partial charge in [0.05, 0.1) is 0 Å². The van der Waals surface area contributed by atoms with Gasteiger partial charge >= 0.3 is 0 Å². The Morgan fingerprint density at radius 3 is 0.667 bits per heavy atom. The molecule has 0 heterocycles. The van der Waals surface area contributed by atoms with Crippen molar-refractivity contribution < 1.29 is 0 Å². The van der Waals surface area contributed by atoms with Crippen molar-refractivity contribution in [3.05, 3.63) is 0 Å². The highest BCUT2D eigenvalue weighted by molar-refractivity contribution is 4.94. The van der Waals surface area contributed by atoms with E-state index in [1.165, 1.54) is 270 Å². The first-order chi connectivity index (χ1) is 48.3. The number of rotatable bonds is 12. The molecule has 0 aromatic heterocycles. The van der Waals surface area contributed by atoms with Gasteiger partial charge < -0.3 is 0 Å². The summed E-state index contributed by atoms with van der Waals surface area (Å²) in [7, 11) is 0. The van der Waals surface area contributed by atoms with Crippen LogP contribution in [0.15, 0.2) is 0 Å². The molecule has 0 saturated heterocycles. The molecule has 600 valence electrons. The molecule has 0 N–H and O–H groups in total. The van der Waals surface area contributed by atoms with E-state index in [1.54, 1.807) is 12.8 Å². The summed E-state index contributed by atoms with van der Waals surface area (Å²) in [5, 5.41) is 0. The molecule has 18 unspecified atom stereocenters. The third-order valence-electron chi connectivity index (χ3n) is 36.8. The third kappa shape index (κ3) is 28.3. The molecular formula is C102H192. The van der Waals surface area contributed by atoms with Gasteiger partial charge in [-0.15, -0.1) is 0 Å². The Bertz CT molecular complexity index is 2000. The predicted octanol–water partition coefficient (Wildman–Crippen LogP) is 33.4. The smallest absolute Gasteiger partial charge is 0.0297 e. The van der Waals surface area contributed by atoms with Gasteiger partial charge in [0.1, 0.15) is 0 Å². The zero-order valence-electron chi connectivity index (χ0n) is 74.6. The van der Waals surface area contributed by atoms with Gasteiger partial charge in [-0.2, -0.15) is 0 Å². The van der Waals surface area contributed by atoms with Crippen molar-refractivity contribution in [3.8, 4) is 0 Å². The van der Waals surface area contributed by atoms with Crippen molar-refractivity contribution in [2.24, 2.45) is 200 Å². The molecule has 0 amide bonds. The zero-order chi connectivity index (χ0) is 74.6. The van der Waals surface area contributed by atoms with Crippen LogP contribution in [0.5, 0.6) is 0 Å². The van der Waals surface area contributed by atoms with Crippen LogP contribution in [0.4, 0.5) is 0 Å². The van der Waals surface area contributed by atoms with E-state index in [-0.39, 0.29) is 0 Å². The van der Waals surface area contributed by atoms with Crippen LogP contribution < -0.4 is 0 Å². The fraction of sp³-hybridized carbons (Fsp3) is 1.00. The molecule has 0 aromatic rings. The molecule has 12 aliphatic rings. The summed E-state index contributed by atoms with van der Waals surface area (Å²) in [6, 6.07) is 0. The van der Waals surface area contributed by atoms with Crippen LogP contribution >= 0.6 is 0 Å². The summed E-state index contributed by atoms with van der Waals surface area (Å²) < 4.78 is 0. The van der Waals surface area contributed by atoms with Crippen LogP contribution in [-0.2, 0) is 0 Å². The van der Waals surface area contributed by atoms with Crippen LogP contribution in [0.2, 0.25) is 0 Å². The molecule has 0 spiro atoms. The molecule has 102 heavy (non-hydrogen) atoms. The van der Waals surface area contributed by atoms with Gasteiger partial charge in [-0.25, -0.2) is 0 Å². The number of hydrogen-bond donors (Lipinski definition) is 0. The van der Waals surface area contributed by atoms with E-state index >= 15 is 0 Å². The fourth-order valence-electron chi connectivity index (χ4n) is 25.5. The average Bonchev–Trinajstić information content (AvgIpc) is 0.810. The molecule has 0 aliphatic heterocycles. The Kier molecular flexibility index (Phi) is 38.2. The predicted molar refractivity (Wildman–Crippen MR) is 456 cm³/mol. The molecule has 18 atom stereocenters. The van der Waals surface area contributed by atoms with E-state index in [4.69, 9.17) is 0 Å². The molecule has 0 radical (unpaired) electrons. The van der Waals surface area contributed by atoms with Crippen molar-refractivity contribution in [1.82, 2.24) is 0 Å². The van der Waals surface area contributed by atoms with Crippen molar-refractivity contribution >= 4 is 0 Å². The standard InChI is InChI=1S/C19H36.C18H34.2C17H32.C16H30.C15H28/c1-13-7-9-17(11-15(13)3)19(5,6)18-10-8-14(2)16(4)12-18;1-12-6-8-17(10-14(12)3)16(5)18-9-7-13(2)15(4)11-18;1-13-5-9-15(10-6-13)17(3,4)16-11-7-14(2)8-12-16;1-12-5-7-16(9-14(12)3)11-17-8-6-13(2)15(4)10-17;1-12-4-8-15(9-5-12)14(3)16-10-6-13(2)7-11-16;1-12-3-7-14(8-4-12)11-15-9-5-13(2)6-10-15/h13-18H,7-12H2,1-6H3;12-18H,6-11H2,1-5H3;13-16H,5-12H2,1-4H3;12-17H,5-11H2,1-4H3;12-16H,4-11H2,1-3H3;12-15H,3-11H2,1-2H3. The second-order valence-corrected chi connectivity index (χ2v) is 45.3. The van der Waals surface area contributed by atoms with Gasteiger partial charge in [-0.1, -0.05) is 320 Å². The minimum Gasteiger partial charge on any atom is -0.0625 e. The van der Waals surface area contributed by atoms with Crippen LogP contribution in [0.3, 0.4) is 0 Å². The maximum Gasteiger partial charge on any atom is -0.0297 e.